The molecule has 0 bridgehead atoms. The Balaban J connectivity index is 1.40. The van der Waals surface area contributed by atoms with Gasteiger partial charge in [0, 0.05) is 43.4 Å². The number of amides is 3. The van der Waals surface area contributed by atoms with Crippen molar-refractivity contribution in [1.82, 2.24) is 15.2 Å². The topological polar surface area (TPSA) is 82.6 Å². The molecular formula is C26H22N4O3S. The van der Waals surface area contributed by atoms with Crippen molar-refractivity contribution < 1.29 is 14.4 Å². The van der Waals surface area contributed by atoms with Gasteiger partial charge in [-0.3, -0.25) is 24.7 Å². The maximum absolute atomic E-state index is 11.9. The molecule has 0 atom stereocenters. The molecule has 8 heteroatoms. The van der Waals surface area contributed by atoms with Crippen LogP contribution in [-0.4, -0.2) is 53.1 Å². The summed E-state index contributed by atoms with van der Waals surface area (Å²) in [5, 5.41) is 2.90. The second kappa shape index (κ2) is 9.15. The molecule has 2 aromatic carbocycles. The number of carbonyl (C=O) groups is 3. The van der Waals surface area contributed by atoms with Crippen LogP contribution in [0.2, 0.25) is 0 Å². The predicted octanol–water partition coefficient (Wildman–Crippen LogP) is 4.06. The lowest BCUT2D eigenvalue weighted by molar-refractivity contribution is -0.126. The van der Waals surface area contributed by atoms with Gasteiger partial charge in [0.2, 0.25) is 5.91 Å². The van der Waals surface area contributed by atoms with Crippen LogP contribution in [0.4, 0.5) is 10.5 Å². The molecule has 3 aromatic rings. The number of imide groups is 1. The Morgan fingerprint density at radius 2 is 1.79 bits per heavy atom. The van der Waals surface area contributed by atoms with Gasteiger partial charge in [-0.15, -0.1) is 0 Å². The highest BCUT2D eigenvalue weighted by Crippen LogP contribution is 2.32. The van der Waals surface area contributed by atoms with E-state index < -0.39 is 0 Å². The van der Waals surface area contributed by atoms with Crippen molar-refractivity contribution >= 4 is 51.5 Å². The molecule has 0 saturated carbocycles. The number of pyridine rings is 1. The maximum Gasteiger partial charge on any atom is 0.290 e. The molecule has 0 spiro atoms. The minimum atomic E-state index is -0.369. The number of carbonyl (C=O) groups excluding carboxylic acids is 3. The van der Waals surface area contributed by atoms with Crippen LogP contribution in [0, 0.1) is 0 Å². The zero-order chi connectivity index (χ0) is 23.7. The third-order valence-corrected chi connectivity index (χ3v) is 6.83. The number of aromatic nitrogens is 1. The second-order valence-electron chi connectivity index (χ2n) is 8.05. The summed E-state index contributed by atoms with van der Waals surface area (Å²) in [7, 11) is 0. The van der Waals surface area contributed by atoms with Crippen molar-refractivity contribution in [3.8, 4) is 11.1 Å². The molecule has 5 rings (SSSR count). The van der Waals surface area contributed by atoms with E-state index in [2.05, 4.69) is 46.0 Å². The largest absolute Gasteiger partial charge is 0.368 e. The number of anilines is 1. The average molecular weight is 471 g/mol. The van der Waals surface area contributed by atoms with Gasteiger partial charge in [-0.1, -0.05) is 24.8 Å². The fraction of sp³-hybridized carbons (Fsp3) is 0.154. The maximum atomic E-state index is 11.9. The van der Waals surface area contributed by atoms with E-state index in [0.29, 0.717) is 18.0 Å². The molecule has 2 saturated heterocycles. The molecule has 1 N–H and O–H groups in total. The SMILES string of the molecule is C=CC(=O)N1CCN(c2ccc(-c3ccnc4ccc(C=C5SC(=O)NC5=O)cc34)cc2)CC1. The number of hydrogen-bond acceptors (Lipinski definition) is 6. The fourth-order valence-electron chi connectivity index (χ4n) is 4.24. The van der Waals surface area contributed by atoms with Crippen LogP contribution in [-0.2, 0) is 9.59 Å². The number of hydrogen-bond donors (Lipinski definition) is 1. The van der Waals surface area contributed by atoms with Crippen LogP contribution in [0.1, 0.15) is 5.56 Å². The molecule has 1 aromatic heterocycles. The summed E-state index contributed by atoms with van der Waals surface area (Å²) in [5.74, 6) is -0.389. The Bertz CT molecular complexity index is 1340. The third kappa shape index (κ3) is 4.32. The Morgan fingerprint density at radius 3 is 2.47 bits per heavy atom. The van der Waals surface area contributed by atoms with E-state index in [0.717, 1.165) is 58.1 Å². The smallest absolute Gasteiger partial charge is 0.290 e. The molecule has 3 heterocycles. The van der Waals surface area contributed by atoms with Gasteiger partial charge in [-0.05, 0) is 70.9 Å². The summed E-state index contributed by atoms with van der Waals surface area (Å²) in [6.45, 7) is 6.49. The van der Waals surface area contributed by atoms with Gasteiger partial charge in [0.25, 0.3) is 11.1 Å². The lowest BCUT2D eigenvalue weighted by atomic mass is 9.99. The minimum Gasteiger partial charge on any atom is -0.368 e. The van der Waals surface area contributed by atoms with Gasteiger partial charge in [0.1, 0.15) is 0 Å². The van der Waals surface area contributed by atoms with Crippen LogP contribution in [0.3, 0.4) is 0 Å². The molecule has 2 aliphatic heterocycles. The summed E-state index contributed by atoms with van der Waals surface area (Å²) < 4.78 is 0. The average Bonchev–Trinajstić information content (AvgIpc) is 3.19. The molecule has 2 fully saturated rings. The zero-order valence-corrected chi connectivity index (χ0v) is 19.2. The van der Waals surface area contributed by atoms with Crippen molar-refractivity contribution in [2.45, 2.75) is 0 Å². The van der Waals surface area contributed by atoms with E-state index in [4.69, 9.17) is 0 Å². The first-order chi connectivity index (χ1) is 16.5. The molecule has 3 amide bonds. The van der Waals surface area contributed by atoms with Crippen LogP contribution < -0.4 is 10.2 Å². The Labute approximate surface area is 201 Å². The standard InChI is InChI=1S/C26H22N4O3S/c1-2-24(31)30-13-11-29(12-14-30)19-6-4-18(5-7-19)20-9-10-27-22-8-3-17(15-21(20)22)16-23-25(32)28-26(33)34-23/h2-10,15-16H,1,11-14H2,(H,28,32,33). The summed E-state index contributed by atoms with van der Waals surface area (Å²) in [5.41, 5.74) is 4.90. The zero-order valence-electron chi connectivity index (χ0n) is 18.4. The highest BCUT2D eigenvalue weighted by Gasteiger charge is 2.25. The van der Waals surface area contributed by atoms with E-state index in [-0.39, 0.29) is 17.1 Å². The molecule has 7 nitrogen and oxygen atoms in total. The van der Waals surface area contributed by atoms with Crippen molar-refractivity contribution in [3.05, 3.63) is 77.9 Å². The molecule has 2 aliphatic rings. The number of thioether (sulfide) groups is 1. The number of nitrogens with one attached hydrogen (secondary N) is 1. The highest BCUT2D eigenvalue weighted by atomic mass is 32.2. The van der Waals surface area contributed by atoms with Gasteiger partial charge >= 0.3 is 0 Å². The van der Waals surface area contributed by atoms with Gasteiger partial charge < -0.3 is 9.80 Å². The van der Waals surface area contributed by atoms with Crippen molar-refractivity contribution in [1.29, 1.82) is 0 Å². The first-order valence-corrected chi connectivity index (χ1v) is 11.7. The van der Waals surface area contributed by atoms with E-state index in [9.17, 15) is 14.4 Å². The lowest BCUT2D eigenvalue weighted by Gasteiger charge is -2.35. The van der Waals surface area contributed by atoms with E-state index in [1.54, 1.807) is 12.3 Å². The van der Waals surface area contributed by atoms with Crippen molar-refractivity contribution in [2.24, 2.45) is 0 Å². The molecule has 34 heavy (non-hydrogen) atoms. The number of rotatable bonds is 4. The monoisotopic (exact) mass is 470 g/mol. The quantitative estimate of drug-likeness (QED) is 0.579. The molecule has 0 radical (unpaired) electrons. The predicted molar refractivity (Wildman–Crippen MR) is 135 cm³/mol. The van der Waals surface area contributed by atoms with Gasteiger partial charge in [0.05, 0.1) is 10.4 Å². The number of fused-ring (bicyclic) bond motifs is 1. The van der Waals surface area contributed by atoms with Crippen LogP contribution in [0.15, 0.2) is 72.3 Å². The summed E-state index contributed by atoms with van der Waals surface area (Å²) in [6, 6.07) is 16.2. The Hall–Kier alpha value is -3.91. The molecule has 0 unspecified atom stereocenters. The van der Waals surface area contributed by atoms with Crippen LogP contribution in [0.5, 0.6) is 0 Å². The first-order valence-electron chi connectivity index (χ1n) is 10.9. The minimum absolute atomic E-state index is 0.0201. The van der Waals surface area contributed by atoms with Gasteiger partial charge in [0.15, 0.2) is 0 Å². The van der Waals surface area contributed by atoms with Crippen LogP contribution >= 0.6 is 11.8 Å². The first kappa shape index (κ1) is 21.9. The second-order valence-corrected chi connectivity index (χ2v) is 9.07. The highest BCUT2D eigenvalue weighted by molar-refractivity contribution is 8.18. The summed E-state index contributed by atoms with van der Waals surface area (Å²) in [4.78, 5) is 44.1. The van der Waals surface area contributed by atoms with E-state index in [1.807, 2.05) is 29.2 Å². The van der Waals surface area contributed by atoms with Gasteiger partial charge in [-0.2, -0.15) is 0 Å². The van der Waals surface area contributed by atoms with E-state index >= 15 is 0 Å². The summed E-state index contributed by atoms with van der Waals surface area (Å²) in [6.07, 6.45) is 4.88. The van der Waals surface area contributed by atoms with Crippen LogP contribution in [0.25, 0.3) is 28.1 Å². The van der Waals surface area contributed by atoms with Crippen molar-refractivity contribution in [2.75, 3.05) is 31.1 Å². The summed E-state index contributed by atoms with van der Waals surface area (Å²) >= 11 is 0.907. The molecular weight excluding hydrogens is 448 g/mol. The third-order valence-electron chi connectivity index (χ3n) is 6.01. The number of nitrogens with zero attached hydrogens (tertiary/aromatic N) is 3. The lowest BCUT2D eigenvalue weighted by Crippen LogP contribution is -2.48. The number of benzene rings is 2. The fourth-order valence-corrected chi connectivity index (χ4v) is 4.93. The molecule has 170 valence electrons. The van der Waals surface area contributed by atoms with Crippen molar-refractivity contribution in [3.63, 3.8) is 0 Å². The van der Waals surface area contributed by atoms with E-state index in [1.165, 1.54) is 6.08 Å². The number of piperazine rings is 1. The normalized spacial score (nSPS) is 17.4. The molecule has 0 aliphatic carbocycles. The Morgan fingerprint density at radius 1 is 1.03 bits per heavy atom. The van der Waals surface area contributed by atoms with Gasteiger partial charge in [-0.25, -0.2) is 0 Å². The Kier molecular flexibility index (Phi) is 5.90.